The molecule has 1 atom stereocenters. The van der Waals surface area contributed by atoms with Crippen molar-refractivity contribution in [1.82, 2.24) is 20.0 Å². The van der Waals surface area contributed by atoms with E-state index in [-0.39, 0.29) is 0 Å². The molecule has 1 aliphatic heterocycles. The van der Waals surface area contributed by atoms with Gasteiger partial charge < -0.3 is 9.52 Å². The highest BCUT2D eigenvalue weighted by Crippen LogP contribution is 2.39. The molecule has 1 saturated carbocycles. The second-order valence-corrected chi connectivity index (χ2v) is 6.81. The van der Waals surface area contributed by atoms with E-state index in [2.05, 4.69) is 20.0 Å². The summed E-state index contributed by atoms with van der Waals surface area (Å²) in [6.07, 6.45) is 1.95. The van der Waals surface area contributed by atoms with Crippen molar-refractivity contribution in [2.24, 2.45) is 0 Å². The normalized spacial score (nSPS) is 21.0. The summed E-state index contributed by atoms with van der Waals surface area (Å²) < 4.78 is 5.74. The molecule has 0 radical (unpaired) electrons. The zero-order valence-corrected chi connectivity index (χ0v) is 13.8. The first kappa shape index (κ1) is 15.7. The van der Waals surface area contributed by atoms with Crippen molar-refractivity contribution in [3.8, 4) is 0 Å². The van der Waals surface area contributed by atoms with Crippen LogP contribution in [0.25, 0.3) is 0 Å². The van der Waals surface area contributed by atoms with Gasteiger partial charge in [0.2, 0.25) is 11.8 Å². The van der Waals surface area contributed by atoms with Crippen LogP contribution in [0.4, 0.5) is 0 Å². The fraction of sp³-hybridized carbons (Fsp3) is 0.556. The van der Waals surface area contributed by atoms with E-state index in [1.165, 1.54) is 12.8 Å². The van der Waals surface area contributed by atoms with E-state index in [4.69, 9.17) is 4.42 Å². The lowest BCUT2D eigenvalue weighted by atomic mass is 10.1. The first-order valence-corrected chi connectivity index (χ1v) is 8.78. The van der Waals surface area contributed by atoms with Gasteiger partial charge in [-0.3, -0.25) is 9.80 Å². The average molecular weight is 328 g/mol. The summed E-state index contributed by atoms with van der Waals surface area (Å²) in [4.78, 5) is 4.66. The number of aromatic nitrogens is 2. The quantitative estimate of drug-likeness (QED) is 0.872. The summed E-state index contributed by atoms with van der Waals surface area (Å²) in [5.41, 5.74) is 0.985. The Morgan fingerprint density at radius 3 is 2.46 bits per heavy atom. The molecule has 6 heteroatoms. The molecule has 2 heterocycles. The van der Waals surface area contributed by atoms with Crippen LogP contribution in [0.1, 0.15) is 42.2 Å². The number of aliphatic hydroxyl groups excluding tert-OH is 1. The van der Waals surface area contributed by atoms with Gasteiger partial charge in [-0.25, -0.2) is 0 Å². The predicted molar refractivity (Wildman–Crippen MR) is 89.4 cm³/mol. The molecule has 0 amide bonds. The lowest BCUT2D eigenvalue weighted by molar-refractivity contribution is 0.0670. The third-order valence-corrected chi connectivity index (χ3v) is 4.85. The summed E-state index contributed by atoms with van der Waals surface area (Å²) in [7, 11) is 0. The molecule has 1 N–H and O–H groups in total. The van der Waals surface area contributed by atoms with E-state index in [1.807, 2.05) is 30.3 Å². The van der Waals surface area contributed by atoms with Gasteiger partial charge in [0.15, 0.2) is 0 Å². The van der Waals surface area contributed by atoms with Crippen LogP contribution >= 0.6 is 0 Å². The van der Waals surface area contributed by atoms with Gasteiger partial charge in [-0.15, -0.1) is 10.2 Å². The fourth-order valence-corrected chi connectivity index (χ4v) is 3.17. The molecule has 0 spiro atoms. The molecule has 1 saturated heterocycles. The third-order valence-electron chi connectivity index (χ3n) is 4.85. The zero-order chi connectivity index (χ0) is 16.4. The van der Waals surface area contributed by atoms with E-state index in [0.717, 1.165) is 50.1 Å². The average Bonchev–Trinajstić information content (AvgIpc) is 3.37. The highest BCUT2D eigenvalue weighted by atomic mass is 16.4. The number of hydrogen-bond acceptors (Lipinski definition) is 6. The smallest absolute Gasteiger partial charge is 0.230 e. The van der Waals surface area contributed by atoms with Crippen molar-refractivity contribution in [3.05, 3.63) is 47.7 Å². The number of rotatable bonds is 6. The van der Waals surface area contributed by atoms with Crippen LogP contribution in [0.3, 0.4) is 0 Å². The summed E-state index contributed by atoms with van der Waals surface area (Å²) >= 11 is 0. The highest BCUT2D eigenvalue weighted by Gasteiger charge is 2.29. The third kappa shape index (κ3) is 3.83. The second kappa shape index (κ2) is 7.01. The van der Waals surface area contributed by atoms with Crippen LogP contribution in [0.5, 0.6) is 0 Å². The van der Waals surface area contributed by atoms with Gasteiger partial charge in [0.05, 0.1) is 12.6 Å². The van der Waals surface area contributed by atoms with Crippen molar-refractivity contribution in [2.75, 3.05) is 32.7 Å². The van der Waals surface area contributed by atoms with Crippen LogP contribution in [0.15, 0.2) is 34.7 Å². The van der Waals surface area contributed by atoms with Crippen LogP contribution in [0, 0.1) is 0 Å². The van der Waals surface area contributed by atoms with Crippen molar-refractivity contribution >= 4 is 0 Å². The summed E-state index contributed by atoms with van der Waals surface area (Å²) in [5.74, 6) is 2.06. The van der Waals surface area contributed by atoms with Gasteiger partial charge in [0, 0.05) is 38.6 Å². The number of benzene rings is 1. The van der Waals surface area contributed by atoms with E-state index in [0.29, 0.717) is 12.5 Å². The Labute approximate surface area is 142 Å². The van der Waals surface area contributed by atoms with Gasteiger partial charge in [-0.2, -0.15) is 0 Å². The number of piperazine rings is 1. The standard InChI is InChI=1S/C18H24N4O2/c23-16(14-4-2-1-3-5-14)12-21-8-10-22(11-9-21)13-17-19-20-18(24-17)15-6-7-15/h1-5,15-16,23H,6-13H2. The Bertz CT molecular complexity index is 648. The minimum Gasteiger partial charge on any atom is -0.424 e. The maximum Gasteiger partial charge on any atom is 0.230 e. The monoisotopic (exact) mass is 328 g/mol. The van der Waals surface area contributed by atoms with Crippen molar-refractivity contribution < 1.29 is 9.52 Å². The minimum atomic E-state index is -0.421. The largest absolute Gasteiger partial charge is 0.424 e. The maximum absolute atomic E-state index is 10.3. The van der Waals surface area contributed by atoms with Crippen molar-refractivity contribution in [1.29, 1.82) is 0 Å². The Morgan fingerprint density at radius 2 is 1.75 bits per heavy atom. The Kier molecular flexibility index (Phi) is 4.60. The van der Waals surface area contributed by atoms with Gasteiger partial charge in [-0.05, 0) is 18.4 Å². The van der Waals surface area contributed by atoms with Crippen molar-refractivity contribution in [2.45, 2.75) is 31.4 Å². The minimum absolute atomic E-state index is 0.421. The van der Waals surface area contributed by atoms with Gasteiger partial charge in [0.1, 0.15) is 0 Å². The van der Waals surface area contributed by atoms with Crippen LogP contribution < -0.4 is 0 Å². The summed E-state index contributed by atoms with van der Waals surface area (Å²) in [6.45, 7) is 5.24. The molecular weight excluding hydrogens is 304 g/mol. The fourth-order valence-electron chi connectivity index (χ4n) is 3.17. The number of β-amino-alcohol motifs (C(OH)–C–C–N with tert-alkyl or cyclic N) is 1. The number of hydrogen-bond donors (Lipinski definition) is 1. The topological polar surface area (TPSA) is 65.6 Å². The molecule has 2 aromatic rings. The SMILES string of the molecule is OC(CN1CCN(Cc2nnc(C3CC3)o2)CC1)c1ccccc1. The Hall–Kier alpha value is -1.76. The molecule has 1 aromatic carbocycles. The lowest BCUT2D eigenvalue weighted by Crippen LogP contribution is -2.47. The molecule has 1 aliphatic carbocycles. The van der Waals surface area contributed by atoms with Crippen LogP contribution in [-0.2, 0) is 6.54 Å². The molecule has 0 bridgehead atoms. The van der Waals surface area contributed by atoms with E-state index in [9.17, 15) is 5.11 Å². The molecule has 2 aliphatic rings. The summed E-state index contributed by atoms with van der Waals surface area (Å²) in [5, 5.41) is 18.7. The Morgan fingerprint density at radius 1 is 1.04 bits per heavy atom. The maximum atomic E-state index is 10.3. The first-order chi connectivity index (χ1) is 11.8. The predicted octanol–water partition coefficient (Wildman–Crippen LogP) is 1.80. The molecular formula is C18H24N4O2. The van der Waals surface area contributed by atoms with Crippen LogP contribution in [-0.4, -0.2) is 57.8 Å². The summed E-state index contributed by atoms with van der Waals surface area (Å²) in [6, 6.07) is 9.87. The zero-order valence-electron chi connectivity index (χ0n) is 13.8. The molecule has 128 valence electrons. The van der Waals surface area contributed by atoms with Crippen molar-refractivity contribution in [3.63, 3.8) is 0 Å². The first-order valence-electron chi connectivity index (χ1n) is 8.78. The van der Waals surface area contributed by atoms with E-state index in [1.54, 1.807) is 0 Å². The Balaban J connectivity index is 1.24. The molecule has 2 fully saturated rings. The van der Waals surface area contributed by atoms with Gasteiger partial charge >= 0.3 is 0 Å². The molecule has 1 unspecified atom stereocenters. The molecule has 24 heavy (non-hydrogen) atoms. The van der Waals surface area contributed by atoms with E-state index >= 15 is 0 Å². The molecule has 1 aromatic heterocycles. The van der Waals surface area contributed by atoms with E-state index < -0.39 is 6.10 Å². The number of nitrogens with zero attached hydrogens (tertiary/aromatic N) is 4. The number of aliphatic hydroxyl groups is 1. The molecule has 4 rings (SSSR count). The highest BCUT2D eigenvalue weighted by molar-refractivity contribution is 5.17. The van der Waals surface area contributed by atoms with Gasteiger partial charge in [0.25, 0.3) is 0 Å². The van der Waals surface area contributed by atoms with Gasteiger partial charge in [-0.1, -0.05) is 30.3 Å². The molecule has 6 nitrogen and oxygen atoms in total. The second-order valence-electron chi connectivity index (χ2n) is 6.81. The lowest BCUT2D eigenvalue weighted by Gasteiger charge is -2.35. The van der Waals surface area contributed by atoms with Crippen LogP contribution in [0.2, 0.25) is 0 Å².